The molecular weight excluding hydrogens is 447 g/mol. The SMILES string of the molecule is N#Cc1c(NC(=O)CN2CCN(Cc3ccc(F)c(Cl)c3)CC2)sc2c1CCCCCC2. The fourth-order valence-electron chi connectivity index (χ4n) is 4.50. The Kier molecular flexibility index (Phi) is 7.80. The van der Waals surface area contributed by atoms with Gasteiger partial charge in [-0.15, -0.1) is 11.3 Å². The molecule has 4 rings (SSSR count). The number of halogens is 2. The Morgan fingerprint density at radius 3 is 2.56 bits per heavy atom. The van der Waals surface area contributed by atoms with E-state index in [0.29, 0.717) is 18.7 Å². The second kappa shape index (κ2) is 10.8. The third-order valence-corrected chi connectivity index (χ3v) is 7.76. The topological polar surface area (TPSA) is 59.4 Å². The molecule has 8 heteroatoms. The van der Waals surface area contributed by atoms with Gasteiger partial charge in [-0.3, -0.25) is 14.6 Å². The Morgan fingerprint density at radius 2 is 1.84 bits per heavy atom. The van der Waals surface area contributed by atoms with Crippen LogP contribution in [0.1, 0.15) is 47.3 Å². The number of hydrogen-bond donors (Lipinski definition) is 1. The van der Waals surface area contributed by atoms with Crippen molar-refractivity contribution in [3.8, 4) is 6.07 Å². The molecule has 0 radical (unpaired) electrons. The number of nitrogens with zero attached hydrogens (tertiary/aromatic N) is 3. The molecule has 1 aromatic carbocycles. The van der Waals surface area contributed by atoms with Gasteiger partial charge >= 0.3 is 0 Å². The van der Waals surface area contributed by atoms with Crippen molar-refractivity contribution in [1.29, 1.82) is 5.26 Å². The van der Waals surface area contributed by atoms with E-state index in [1.807, 2.05) is 0 Å². The van der Waals surface area contributed by atoms with E-state index in [2.05, 4.69) is 21.2 Å². The van der Waals surface area contributed by atoms with E-state index in [9.17, 15) is 14.4 Å². The summed E-state index contributed by atoms with van der Waals surface area (Å²) in [5.74, 6) is -0.460. The molecule has 1 N–H and O–H groups in total. The lowest BCUT2D eigenvalue weighted by Gasteiger charge is -2.34. The summed E-state index contributed by atoms with van der Waals surface area (Å²) in [6, 6.07) is 7.18. The smallest absolute Gasteiger partial charge is 0.239 e. The van der Waals surface area contributed by atoms with Gasteiger partial charge in [0.05, 0.1) is 17.1 Å². The quantitative estimate of drug-likeness (QED) is 0.674. The summed E-state index contributed by atoms with van der Waals surface area (Å²) in [5.41, 5.74) is 2.81. The number of anilines is 1. The summed E-state index contributed by atoms with van der Waals surface area (Å²) in [6.45, 7) is 4.27. The molecule has 0 atom stereocenters. The first-order valence-corrected chi connectivity index (χ1v) is 12.5. The summed E-state index contributed by atoms with van der Waals surface area (Å²) in [4.78, 5) is 18.4. The Morgan fingerprint density at radius 1 is 1.12 bits per heavy atom. The molecule has 170 valence electrons. The standard InChI is InChI=1S/C24H28ClFN4OS/c25-20-13-17(7-8-21(20)26)15-29-9-11-30(12-10-29)16-23(31)28-24-19(14-27)18-5-3-1-2-4-6-22(18)32-24/h7-8,13H,1-6,9-12,15-16H2,(H,28,31). The molecule has 5 nitrogen and oxygen atoms in total. The lowest BCUT2D eigenvalue weighted by atomic mass is 9.97. The number of piperazine rings is 1. The first-order chi connectivity index (χ1) is 15.5. The van der Waals surface area contributed by atoms with Gasteiger partial charge in [0.25, 0.3) is 0 Å². The number of hydrogen-bond acceptors (Lipinski definition) is 5. The molecule has 1 aromatic heterocycles. The first-order valence-electron chi connectivity index (χ1n) is 11.3. The summed E-state index contributed by atoms with van der Waals surface area (Å²) in [6.07, 6.45) is 6.65. The van der Waals surface area contributed by atoms with E-state index in [1.54, 1.807) is 23.5 Å². The molecular formula is C24H28ClFN4OS. The van der Waals surface area contributed by atoms with Crippen LogP contribution in [0, 0.1) is 17.1 Å². The van der Waals surface area contributed by atoms with E-state index in [4.69, 9.17) is 11.6 Å². The fraction of sp³-hybridized carbons (Fsp3) is 0.500. The monoisotopic (exact) mass is 474 g/mol. The Bertz CT molecular complexity index is 1010. The van der Waals surface area contributed by atoms with Crippen LogP contribution in [-0.2, 0) is 24.2 Å². The summed E-state index contributed by atoms with van der Waals surface area (Å²) in [7, 11) is 0. The van der Waals surface area contributed by atoms with Crippen LogP contribution in [0.3, 0.4) is 0 Å². The predicted octanol–water partition coefficient (Wildman–Crippen LogP) is 4.83. The second-order valence-corrected chi connectivity index (χ2v) is 10.1. The van der Waals surface area contributed by atoms with Crippen LogP contribution in [0.4, 0.5) is 9.39 Å². The van der Waals surface area contributed by atoms with Crippen molar-refractivity contribution in [2.45, 2.75) is 45.1 Å². The van der Waals surface area contributed by atoms with Crippen LogP contribution >= 0.6 is 22.9 Å². The number of nitriles is 1. The van der Waals surface area contributed by atoms with Gasteiger partial charge in [-0.05, 0) is 48.9 Å². The van der Waals surface area contributed by atoms with Gasteiger partial charge in [-0.2, -0.15) is 5.26 Å². The van der Waals surface area contributed by atoms with Gasteiger partial charge in [-0.25, -0.2) is 4.39 Å². The molecule has 2 aromatic rings. The first kappa shape index (κ1) is 23.2. The lowest BCUT2D eigenvalue weighted by molar-refractivity contribution is -0.117. The van der Waals surface area contributed by atoms with Crippen LogP contribution in [-0.4, -0.2) is 48.4 Å². The number of aryl methyl sites for hydroxylation is 1. The van der Waals surface area contributed by atoms with Crippen molar-refractivity contribution in [2.75, 3.05) is 38.0 Å². The van der Waals surface area contributed by atoms with E-state index in [-0.39, 0.29) is 10.9 Å². The molecule has 32 heavy (non-hydrogen) atoms. The minimum absolute atomic E-state index is 0.0607. The molecule has 0 bridgehead atoms. The van der Waals surface area contributed by atoms with Gasteiger partial charge in [-0.1, -0.05) is 30.5 Å². The van der Waals surface area contributed by atoms with Crippen LogP contribution in [0.25, 0.3) is 0 Å². The zero-order chi connectivity index (χ0) is 22.5. The highest BCUT2D eigenvalue weighted by Crippen LogP contribution is 2.36. The van der Waals surface area contributed by atoms with Crippen LogP contribution in [0.5, 0.6) is 0 Å². The third kappa shape index (κ3) is 5.68. The van der Waals surface area contributed by atoms with Crippen molar-refractivity contribution >= 4 is 33.8 Å². The fourth-order valence-corrected chi connectivity index (χ4v) is 5.96. The van der Waals surface area contributed by atoms with E-state index in [1.165, 1.54) is 23.8 Å². The molecule has 0 spiro atoms. The number of rotatable bonds is 5. The zero-order valence-corrected chi connectivity index (χ0v) is 19.7. The van der Waals surface area contributed by atoms with E-state index >= 15 is 0 Å². The highest BCUT2D eigenvalue weighted by Gasteiger charge is 2.23. The van der Waals surface area contributed by atoms with E-state index in [0.717, 1.165) is 68.0 Å². The Labute approximate surface area is 197 Å². The van der Waals surface area contributed by atoms with Crippen LogP contribution in [0.15, 0.2) is 18.2 Å². The summed E-state index contributed by atoms with van der Waals surface area (Å²) < 4.78 is 13.3. The van der Waals surface area contributed by atoms with Crippen molar-refractivity contribution in [2.24, 2.45) is 0 Å². The highest BCUT2D eigenvalue weighted by molar-refractivity contribution is 7.16. The lowest BCUT2D eigenvalue weighted by Crippen LogP contribution is -2.48. The number of carbonyl (C=O) groups excluding carboxylic acids is 1. The van der Waals surface area contributed by atoms with Gasteiger partial charge in [0, 0.05) is 37.6 Å². The summed E-state index contributed by atoms with van der Waals surface area (Å²) >= 11 is 7.47. The molecule has 1 aliphatic heterocycles. The molecule has 2 heterocycles. The average Bonchev–Trinajstić information content (AvgIpc) is 3.07. The number of nitrogens with one attached hydrogen (secondary N) is 1. The highest BCUT2D eigenvalue weighted by atomic mass is 35.5. The van der Waals surface area contributed by atoms with Crippen molar-refractivity contribution in [3.63, 3.8) is 0 Å². The number of carbonyl (C=O) groups is 1. The minimum atomic E-state index is -0.400. The maximum atomic E-state index is 13.3. The van der Waals surface area contributed by atoms with Crippen molar-refractivity contribution < 1.29 is 9.18 Å². The maximum Gasteiger partial charge on any atom is 0.239 e. The maximum absolute atomic E-state index is 13.3. The van der Waals surface area contributed by atoms with Crippen molar-refractivity contribution in [1.82, 2.24) is 9.80 Å². The molecule has 1 fully saturated rings. The normalized spacial score (nSPS) is 17.8. The van der Waals surface area contributed by atoms with Gasteiger partial charge in [0.15, 0.2) is 0 Å². The number of benzene rings is 1. The van der Waals surface area contributed by atoms with Gasteiger partial charge in [0.2, 0.25) is 5.91 Å². The zero-order valence-electron chi connectivity index (χ0n) is 18.1. The number of fused-ring (bicyclic) bond motifs is 1. The second-order valence-electron chi connectivity index (χ2n) is 8.58. The average molecular weight is 475 g/mol. The number of thiophene rings is 1. The minimum Gasteiger partial charge on any atom is -0.315 e. The molecule has 2 aliphatic rings. The Hall–Kier alpha value is -1.98. The van der Waals surface area contributed by atoms with Crippen LogP contribution in [0.2, 0.25) is 5.02 Å². The Balaban J connectivity index is 1.29. The molecule has 0 saturated carbocycles. The van der Waals surface area contributed by atoms with Gasteiger partial charge < -0.3 is 5.32 Å². The molecule has 0 unspecified atom stereocenters. The molecule has 1 saturated heterocycles. The van der Waals surface area contributed by atoms with E-state index < -0.39 is 5.82 Å². The largest absolute Gasteiger partial charge is 0.315 e. The molecule has 1 amide bonds. The number of amides is 1. The summed E-state index contributed by atoms with van der Waals surface area (Å²) in [5, 5.41) is 13.6. The third-order valence-electron chi connectivity index (χ3n) is 6.26. The predicted molar refractivity (Wildman–Crippen MR) is 127 cm³/mol. The van der Waals surface area contributed by atoms with Crippen LogP contribution < -0.4 is 5.32 Å². The van der Waals surface area contributed by atoms with Gasteiger partial charge in [0.1, 0.15) is 16.9 Å². The van der Waals surface area contributed by atoms with Crippen molar-refractivity contribution in [3.05, 3.63) is 50.6 Å². The molecule has 1 aliphatic carbocycles.